The molecular weight excluding hydrogens is 425 g/mol. The lowest BCUT2D eigenvalue weighted by Gasteiger charge is -2.07. The maximum Gasteiger partial charge on any atom is 0.0460 e. The van der Waals surface area contributed by atoms with Gasteiger partial charge in [-0.05, 0) is 77.1 Å². The van der Waals surface area contributed by atoms with E-state index in [1.54, 1.807) is 11.8 Å². The number of aromatic amines is 1. The van der Waals surface area contributed by atoms with E-state index in [-0.39, 0.29) is 0 Å². The number of H-pyrrole nitrogens is 1. The minimum Gasteiger partial charge on any atom is -0.361 e. The average Bonchev–Trinajstić information content (AvgIpc) is 3.00. The van der Waals surface area contributed by atoms with Crippen molar-refractivity contribution in [1.29, 1.82) is 0 Å². The summed E-state index contributed by atoms with van der Waals surface area (Å²) >= 11 is 4.08. The van der Waals surface area contributed by atoms with Crippen LogP contribution in [-0.4, -0.2) is 4.98 Å². The Kier molecular flexibility index (Phi) is 5.51. The maximum absolute atomic E-state index is 4.23. The summed E-state index contributed by atoms with van der Waals surface area (Å²) in [5.41, 5.74) is 6.43. The highest BCUT2D eigenvalue weighted by molar-refractivity contribution is 14.1. The molecule has 0 fully saturated rings. The molecule has 0 amide bonds. The molecule has 0 radical (unpaired) electrons. The lowest BCUT2D eigenvalue weighted by molar-refractivity contribution is 1.19. The van der Waals surface area contributed by atoms with Gasteiger partial charge in [0.25, 0.3) is 0 Å². The van der Waals surface area contributed by atoms with Gasteiger partial charge in [-0.15, -0.1) is 0 Å². The van der Waals surface area contributed by atoms with E-state index in [1.807, 2.05) is 12.3 Å². The molecule has 1 aromatic heterocycles. The van der Waals surface area contributed by atoms with E-state index in [1.165, 1.54) is 31.2 Å². The summed E-state index contributed by atoms with van der Waals surface area (Å²) in [5.74, 6) is 0. The molecule has 3 rings (SSSR count). The molecule has 3 aromatic rings. The van der Waals surface area contributed by atoms with Gasteiger partial charge in [-0.1, -0.05) is 48.7 Å². The summed E-state index contributed by atoms with van der Waals surface area (Å²) in [5, 5.41) is 3.38. The molecule has 1 heterocycles. The van der Waals surface area contributed by atoms with Crippen LogP contribution in [-0.2, 0) is 6.42 Å². The summed E-state index contributed by atoms with van der Waals surface area (Å²) in [4.78, 5) is 4.37. The Morgan fingerprint density at radius 3 is 2.83 bits per heavy atom. The predicted molar refractivity (Wildman–Crippen MR) is 116 cm³/mol. The van der Waals surface area contributed by atoms with Gasteiger partial charge >= 0.3 is 0 Å². The molecule has 1 nitrogen and oxygen atoms in total. The summed E-state index contributed by atoms with van der Waals surface area (Å²) in [7, 11) is 0. The second kappa shape index (κ2) is 7.62. The molecule has 1 N–H and O–H groups in total. The molecule has 2 aromatic carbocycles. The summed E-state index contributed by atoms with van der Waals surface area (Å²) < 4.78 is 1.33. The fraction of sp³-hybridized carbons (Fsp3) is 0.143. The Morgan fingerprint density at radius 1 is 1.21 bits per heavy atom. The number of hydrogen-bond donors (Lipinski definition) is 1. The second-order valence-corrected chi connectivity index (χ2v) is 8.06. The molecule has 24 heavy (non-hydrogen) atoms. The van der Waals surface area contributed by atoms with E-state index >= 15 is 0 Å². The normalized spacial score (nSPS) is 11.5. The van der Waals surface area contributed by atoms with Crippen LogP contribution in [0.15, 0.2) is 60.7 Å². The van der Waals surface area contributed by atoms with Gasteiger partial charge in [0, 0.05) is 31.1 Å². The van der Waals surface area contributed by atoms with Crippen LogP contribution in [0.5, 0.6) is 0 Å². The minimum absolute atomic E-state index is 0.956. The first kappa shape index (κ1) is 17.4. The zero-order valence-corrected chi connectivity index (χ0v) is 16.9. The third-order valence-electron chi connectivity index (χ3n) is 4.15. The van der Waals surface area contributed by atoms with Crippen molar-refractivity contribution in [1.82, 2.24) is 4.98 Å². The number of fused-ring (bicyclic) bond motifs is 1. The molecule has 3 heteroatoms. The molecule has 0 saturated heterocycles. The summed E-state index contributed by atoms with van der Waals surface area (Å²) in [6.45, 7) is 8.58. The van der Waals surface area contributed by atoms with Gasteiger partial charge in [-0.25, -0.2) is 0 Å². The summed E-state index contributed by atoms with van der Waals surface area (Å²) in [6.07, 6.45) is 5.22. The van der Waals surface area contributed by atoms with Crippen molar-refractivity contribution < 1.29 is 0 Å². The van der Waals surface area contributed by atoms with Gasteiger partial charge in [-0.3, -0.25) is 0 Å². The SMILES string of the molecule is C=C(S/C=C/Cc1cc(C)c(I)cc1C)c1c[nH]c2ccccc12. The number of aryl methyl sites for hydroxylation is 2. The van der Waals surface area contributed by atoms with E-state index in [0.717, 1.165) is 16.8 Å². The minimum atomic E-state index is 0.956. The van der Waals surface area contributed by atoms with Crippen LogP contribution in [0, 0.1) is 17.4 Å². The second-order valence-electron chi connectivity index (χ2n) is 5.89. The highest BCUT2D eigenvalue weighted by atomic mass is 127. The Bertz CT molecular complexity index is 921. The van der Waals surface area contributed by atoms with Crippen molar-refractivity contribution in [3.63, 3.8) is 0 Å². The Balaban J connectivity index is 1.66. The molecule has 0 aliphatic heterocycles. The number of thioether (sulfide) groups is 1. The summed E-state index contributed by atoms with van der Waals surface area (Å²) in [6, 6.07) is 12.9. The smallest absolute Gasteiger partial charge is 0.0460 e. The van der Waals surface area contributed by atoms with Gasteiger partial charge < -0.3 is 4.98 Å². The predicted octanol–water partition coefficient (Wildman–Crippen LogP) is 6.85. The van der Waals surface area contributed by atoms with Crippen molar-refractivity contribution in [3.8, 4) is 0 Å². The van der Waals surface area contributed by atoms with Crippen LogP contribution in [0.4, 0.5) is 0 Å². The van der Waals surface area contributed by atoms with Crippen molar-refractivity contribution in [2.24, 2.45) is 0 Å². The molecular formula is C21H20INS. The molecule has 0 spiro atoms. The fourth-order valence-corrected chi connectivity index (χ4v) is 4.01. The van der Waals surface area contributed by atoms with Crippen LogP contribution in [0.25, 0.3) is 15.8 Å². The number of benzene rings is 2. The van der Waals surface area contributed by atoms with Crippen LogP contribution in [0.1, 0.15) is 22.3 Å². The van der Waals surface area contributed by atoms with E-state index < -0.39 is 0 Å². The number of nitrogens with one attached hydrogen (secondary N) is 1. The van der Waals surface area contributed by atoms with E-state index in [9.17, 15) is 0 Å². The number of halogens is 1. The fourth-order valence-electron chi connectivity index (χ4n) is 2.73. The number of rotatable bonds is 5. The van der Waals surface area contributed by atoms with Crippen LogP contribution >= 0.6 is 34.4 Å². The maximum atomic E-state index is 4.23. The number of hydrogen-bond acceptors (Lipinski definition) is 1. The van der Waals surface area contributed by atoms with Gasteiger partial charge in [0.1, 0.15) is 0 Å². The lowest BCUT2D eigenvalue weighted by Crippen LogP contribution is -1.91. The van der Waals surface area contributed by atoms with Gasteiger partial charge in [0.15, 0.2) is 0 Å². The molecule has 0 atom stereocenters. The molecule has 0 unspecified atom stereocenters. The zero-order valence-electron chi connectivity index (χ0n) is 13.9. The Morgan fingerprint density at radius 2 is 2.00 bits per heavy atom. The first-order valence-electron chi connectivity index (χ1n) is 7.89. The molecule has 0 aliphatic carbocycles. The topological polar surface area (TPSA) is 15.8 Å². The standard InChI is InChI=1S/C21H20INS/c1-14-12-20(22)15(2)11-17(14)7-6-10-24-16(3)19-13-23-21-9-5-4-8-18(19)21/h4-6,8-13,23H,3,7H2,1-2H3/b10-6+. The number of para-hydroxylation sites is 1. The monoisotopic (exact) mass is 445 g/mol. The van der Waals surface area contributed by atoms with Crippen molar-refractivity contribution in [2.75, 3.05) is 0 Å². The van der Waals surface area contributed by atoms with E-state index in [2.05, 4.69) is 89.8 Å². The van der Waals surface area contributed by atoms with Crippen molar-refractivity contribution in [3.05, 3.63) is 86.5 Å². The molecule has 122 valence electrons. The molecule has 0 bridgehead atoms. The van der Waals surface area contributed by atoms with Gasteiger partial charge in [-0.2, -0.15) is 0 Å². The van der Waals surface area contributed by atoms with Crippen molar-refractivity contribution in [2.45, 2.75) is 20.3 Å². The first-order chi connectivity index (χ1) is 11.6. The Hall–Kier alpha value is -1.46. The third-order valence-corrected chi connectivity index (χ3v) is 6.15. The van der Waals surface area contributed by atoms with E-state index in [0.29, 0.717) is 0 Å². The van der Waals surface area contributed by atoms with Gasteiger partial charge in [0.2, 0.25) is 0 Å². The van der Waals surface area contributed by atoms with Crippen LogP contribution in [0.3, 0.4) is 0 Å². The van der Waals surface area contributed by atoms with E-state index in [4.69, 9.17) is 0 Å². The highest BCUT2D eigenvalue weighted by Crippen LogP contribution is 2.32. The highest BCUT2D eigenvalue weighted by Gasteiger charge is 2.06. The molecule has 0 aliphatic rings. The van der Waals surface area contributed by atoms with Gasteiger partial charge in [0.05, 0.1) is 0 Å². The lowest BCUT2D eigenvalue weighted by atomic mass is 10.0. The number of aromatic nitrogens is 1. The Labute approximate surface area is 161 Å². The molecule has 0 saturated carbocycles. The first-order valence-corrected chi connectivity index (χ1v) is 9.85. The van der Waals surface area contributed by atoms with Crippen LogP contribution < -0.4 is 0 Å². The van der Waals surface area contributed by atoms with Crippen LogP contribution in [0.2, 0.25) is 0 Å². The third kappa shape index (κ3) is 3.78. The number of allylic oxidation sites excluding steroid dienone is 1. The average molecular weight is 445 g/mol. The largest absolute Gasteiger partial charge is 0.361 e. The van der Waals surface area contributed by atoms with Crippen molar-refractivity contribution >= 4 is 50.2 Å². The quantitative estimate of drug-likeness (QED) is 0.425. The zero-order chi connectivity index (χ0) is 17.1.